The first-order valence-corrected chi connectivity index (χ1v) is 7.07. The van der Waals surface area contributed by atoms with Gasteiger partial charge in [0.1, 0.15) is 5.75 Å². The first-order chi connectivity index (χ1) is 9.65. The van der Waals surface area contributed by atoms with Crippen LogP contribution in [0.4, 0.5) is 0 Å². The molecule has 0 saturated carbocycles. The van der Waals surface area contributed by atoms with E-state index in [0.717, 1.165) is 28.6 Å². The Labute approximate surface area is 123 Å². The van der Waals surface area contributed by atoms with E-state index in [4.69, 9.17) is 10.5 Å². The number of carbonyl (C=O) groups is 1. The van der Waals surface area contributed by atoms with E-state index in [1.165, 1.54) is 0 Å². The number of thiol groups is 1. The van der Waals surface area contributed by atoms with Gasteiger partial charge in [-0.3, -0.25) is 4.79 Å². The summed E-state index contributed by atoms with van der Waals surface area (Å²) in [6.45, 7) is 0.546. The van der Waals surface area contributed by atoms with Crippen LogP contribution < -0.4 is 15.8 Å². The molecule has 2 rings (SSSR count). The second-order valence-corrected chi connectivity index (χ2v) is 4.92. The Balaban J connectivity index is 2.01. The van der Waals surface area contributed by atoms with Crippen molar-refractivity contribution in [2.45, 2.75) is 12.5 Å². The zero-order valence-electron chi connectivity index (χ0n) is 11.3. The highest BCUT2D eigenvalue weighted by Crippen LogP contribution is 2.23. The molecule has 6 heteroatoms. The van der Waals surface area contributed by atoms with Crippen molar-refractivity contribution >= 4 is 29.4 Å². The lowest BCUT2D eigenvalue weighted by Crippen LogP contribution is -2.42. The molecule has 5 nitrogen and oxygen atoms in total. The van der Waals surface area contributed by atoms with E-state index in [9.17, 15) is 4.79 Å². The Bertz CT molecular complexity index is 597. The summed E-state index contributed by atoms with van der Waals surface area (Å²) in [5.74, 6) is 0.993. The predicted molar refractivity (Wildman–Crippen MR) is 83.4 cm³/mol. The maximum atomic E-state index is 11.6. The maximum absolute atomic E-state index is 11.6. The Kier molecular flexibility index (Phi) is 4.92. The quantitative estimate of drug-likeness (QED) is 0.602. The summed E-state index contributed by atoms with van der Waals surface area (Å²) < 4.78 is 5.23. The Morgan fingerprint density at radius 1 is 1.55 bits per heavy atom. The number of amides is 1. The van der Waals surface area contributed by atoms with Gasteiger partial charge in [0.15, 0.2) is 0 Å². The van der Waals surface area contributed by atoms with Crippen molar-refractivity contribution in [3.8, 4) is 5.75 Å². The number of hydrogen-bond acceptors (Lipinski definition) is 4. The molecule has 1 heterocycles. The summed E-state index contributed by atoms with van der Waals surface area (Å²) in [4.78, 5) is 14.8. The van der Waals surface area contributed by atoms with Crippen LogP contribution in [0.15, 0.2) is 24.4 Å². The van der Waals surface area contributed by atoms with Gasteiger partial charge in [0.25, 0.3) is 0 Å². The zero-order chi connectivity index (χ0) is 14.5. The van der Waals surface area contributed by atoms with Crippen molar-refractivity contribution in [3.63, 3.8) is 0 Å². The average Bonchev–Trinajstić information content (AvgIpc) is 2.88. The zero-order valence-corrected chi connectivity index (χ0v) is 12.2. The number of rotatable bonds is 6. The summed E-state index contributed by atoms with van der Waals surface area (Å²) in [5.41, 5.74) is 7.79. The van der Waals surface area contributed by atoms with Gasteiger partial charge in [0.2, 0.25) is 5.91 Å². The molecule has 0 bridgehead atoms. The number of benzene rings is 1. The van der Waals surface area contributed by atoms with Gasteiger partial charge in [-0.25, -0.2) is 0 Å². The van der Waals surface area contributed by atoms with Crippen LogP contribution in [0.3, 0.4) is 0 Å². The van der Waals surface area contributed by atoms with Crippen LogP contribution in [-0.4, -0.2) is 36.3 Å². The highest BCUT2D eigenvalue weighted by Gasteiger charge is 2.11. The molecule has 0 spiro atoms. The predicted octanol–water partition coefficient (Wildman–Crippen LogP) is 1.09. The van der Waals surface area contributed by atoms with Gasteiger partial charge in [-0.1, -0.05) is 0 Å². The SMILES string of the molecule is COc1ccc2[nH]cc(CCNC(=O)[C@@H](N)CS)c2c1. The third-order valence-corrected chi connectivity index (χ3v) is 3.60. The topological polar surface area (TPSA) is 80.1 Å². The molecule has 4 N–H and O–H groups in total. The van der Waals surface area contributed by atoms with Crippen molar-refractivity contribution < 1.29 is 9.53 Å². The number of aromatic nitrogens is 1. The Morgan fingerprint density at radius 2 is 2.35 bits per heavy atom. The first-order valence-electron chi connectivity index (χ1n) is 6.44. The highest BCUT2D eigenvalue weighted by atomic mass is 32.1. The normalized spacial score (nSPS) is 12.3. The second kappa shape index (κ2) is 6.67. The van der Waals surface area contributed by atoms with Crippen LogP contribution in [0.25, 0.3) is 10.9 Å². The van der Waals surface area contributed by atoms with E-state index in [2.05, 4.69) is 22.9 Å². The lowest BCUT2D eigenvalue weighted by molar-refractivity contribution is -0.121. The first kappa shape index (κ1) is 14.7. The monoisotopic (exact) mass is 293 g/mol. The molecule has 0 aliphatic heterocycles. The number of ether oxygens (including phenoxy) is 1. The van der Waals surface area contributed by atoms with Crippen LogP contribution in [0.5, 0.6) is 5.75 Å². The molecule has 0 unspecified atom stereocenters. The number of methoxy groups -OCH3 is 1. The van der Waals surface area contributed by atoms with E-state index >= 15 is 0 Å². The van der Waals surface area contributed by atoms with Crippen LogP contribution >= 0.6 is 12.6 Å². The molecule has 20 heavy (non-hydrogen) atoms. The molecule has 0 fully saturated rings. The minimum atomic E-state index is -0.554. The molecule has 108 valence electrons. The van der Waals surface area contributed by atoms with Gasteiger partial charge < -0.3 is 20.8 Å². The van der Waals surface area contributed by atoms with Gasteiger partial charge in [-0.05, 0) is 30.2 Å². The lowest BCUT2D eigenvalue weighted by atomic mass is 10.1. The van der Waals surface area contributed by atoms with Gasteiger partial charge in [0.05, 0.1) is 13.2 Å². The van der Waals surface area contributed by atoms with Crippen LogP contribution in [0.1, 0.15) is 5.56 Å². The van der Waals surface area contributed by atoms with Crippen LogP contribution in [0.2, 0.25) is 0 Å². The Morgan fingerprint density at radius 3 is 3.05 bits per heavy atom. The number of carbonyl (C=O) groups excluding carboxylic acids is 1. The molecule has 2 aromatic rings. The summed E-state index contributed by atoms with van der Waals surface area (Å²) in [5, 5.41) is 3.92. The molecular formula is C14H19N3O2S. The van der Waals surface area contributed by atoms with Gasteiger partial charge in [-0.2, -0.15) is 12.6 Å². The standard InChI is InChI=1S/C14H19N3O2S/c1-19-10-2-3-13-11(6-10)9(7-17-13)4-5-16-14(18)12(15)8-20/h2-3,6-7,12,17,20H,4-5,8,15H2,1H3,(H,16,18)/t12-/m0/s1. The van der Waals surface area contributed by atoms with Crippen LogP contribution in [-0.2, 0) is 11.2 Å². The molecule has 0 aliphatic carbocycles. The molecule has 0 radical (unpaired) electrons. The van der Waals surface area contributed by atoms with E-state index in [1.54, 1.807) is 7.11 Å². The van der Waals surface area contributed by atoms with Crippen molar-refractivity contribution in [1.82, 2.24) is 10.3 Å². The molecule has 1 amide bonds. The number of nitrogens with two attached hydrogens (primary N) is 1. The van der Waals surface area contributed by atoms with E-state index in [1.807, 2.05) is 24.4 Å². The molecule has 1 atom stereocenters. The van der Waals surface area contributed by atoms with Crippen molar-refractivity contribution in [3.05, 3.63) is 30.0 Å². The van der Waals surface area contributed by atoms with Gasteiger partial charge in [0, 0.05) is 29.4 Å². The average molecular weight is 293 g/mol. The number of fused-ring (bicyclic) bond motifs is 1. The highest BCUT2D eigenvalue weighted by molar-refractivity contribution is 7.80. The fraction of sp³-hybridized carbons (Fsp3) is 0.357. The second-order valence-electron chi connectivity index (χ2n) is 4.56. The summed E-state index contributed by atoms with van der Waals surface area (Å²) in [6, 6.07) is 5.33. The number of hydrogen-bond donors (Lipinski definition) is 4. The fourth-order valence-electron chi connectivity index (χ4n) is 2.03. The maximum Gasteiger partial charge on any atom is 0.237 e. The van der Waals surface area contributed by atoms with E-state index in [-0.39, 0.29) is 5.91 Å². The minimum absolute atomic E-state index is 0.169. The smallest absolute Gasteiger partial charge is 0.237 e. The van der Waals surface area contributed by atoms with Gasteiger partial charge in [-0.15, -0.1) is 0 Å². The largest absolute Gasteiger partial charge is 0.497 e. The molecule has 1 aromatic carbocycles. The molecule has 0 aliphatic rings. The molecular weight excluding hydrogens is 274 g/mol. The number of aromatic amines is 1. The van der Waals surface area contributed by atoms with Crippen molar-refractivity contribution in [2.75, 3.05) is 19.4 Å². The van der Waals surface area contributed by atoms with Crippen molar-refractivity contribution in [1.29, 1.82) is 0 Å². The summed E-state index contributed by atoms with van der Waals surface area (Å²) in [7, 11) is 1.65. The van der Waals surface area contributed by atoms with Crippen molar-refractivity contribution in [2.24, 2.45) is 5.73 Å². The number of H-pyrrole nitrogens is 1. The third-order valence-electron chi connectivity index (χ3n) is 3.20. The molecule has 1 aromatic heterocycles. The summed E-state index contributed by atoms with van der Waals surface area (Å²) >= 11 is 4.00. The minimum Gasteiger partial charge on any atom is -0.497 e. The third kappa shape index (κ3) is 3.26. The Hall–Kier alpha value is -1.66. The summed E-state index contributed by atoms with van der Waals surface area (Å²) in [6.07, 6.45) is 2.69. The van der Waals surface area contributed by atoms with Crippen LogP contribution in [0, 0.1) is 0 Å². The number of nitrogens with one attached hydrogen (secondary N) is 2. The molecule has 0 saturated heterocycles. The lowest BCUT2D eigenvalue weighted by Gasteiger charge is -2.09. The fourth-order valence-corrected chi connectivity index (χ4v) is 2.19. The van der Waals surface area contributed by atoms with E-state index in [0.29, 0.717) is 12.3 Å². The van der Waals surface area contributed by atoms with E-state index < -0.39 is 6.04 Å². The van der Waals surface area contributed by atoms with Gasteiger partial charge >= 0.3 is 0 Å².